The van der Waals surface area contributed by atoms with Crippen LogP contribution < -0.4 is 0 Å². The molecule has 11 heteroatoms. The summed E-state index contributed by atoms with van der Waals surface area (Å²) in [5.41, 5.74) is -0.397. The predicted molar refractivity (Wildman–Crippen MR) is 82.7 cm³/mol. The second kappa shape index (κ2) is 6.24. The molecule has 3 aromatic heterocycles. The van der Waals surface area contributed by atoms with Crippen LogP contribution in [0.1, 0.15) is 28.8 Å². The fraction of sp³-hybridized carbons (Fsp3) is 0.267. The first-order chi connectivity index (χ1) is 12.2. The zero-order valence-corrected chi connectivity index (χ0v) is 13.7. The molecule has 0 radical (unpaired) electrons. The maximum atomic E-state index is 13.2. The van der Waals surface area contributed by atoms with Crippen LogP contribution in [0, 0.1) is 6.92 Å². The maximum absolute atomic E-state index is 13.2. The number of aromatic carboxylic acids is 1. The lowest BCUT2D eigenvalue weighted by Gasteiger charge is -2.10. The van der Waals surface area contributed by atoms with Crippen molar-refractivity contribution in [2.75, 3.05) is 0 Å². The third kappa shape index (κ3) is 3.15. The van der Waals surface area contributed by atoms with Gasteiger partial charge in [-0.2, -0.15) is 23.4 Å². The molecule has 3 aromatic rings. The van der Waals surface area contributed by atoms with Gasteiger partial charge in [0.25, 0.3) is 5.95 Å². The molecule has 0 amide bonds. The molecule has 3 rings (SSSR count). The normalized spacial score (nSPS) is 11.7. The highest BCUT2D eigenvalue weighted by Gasteiger charge is 2.34. The van der Waals surface area contributed by atoms with Crippen molar-refractivity contribution in [3.8, 4) is 17.2 Å². The highest BCUT2D eigenvalue weighted by molar-refractivity contribution is 5.85. The van der Waals surface area contributed by atoms with Gasteiger partial charge in [0.05, 0.1) is 11.9 Å². The van der Waals surface area contributed by atoms with Crippen molar-refractivity contribution in [1.82, 2.24) is 29.5 Å². The van der Waals surface area contributed by atoms with Crippen LogP contribution in [0.3, 0.4) is 0 Å². The molecular weight excluding hydrogens is 353 g/mol. The molecule has 0 aliphatic heterocycles. The Balaban J connectivity index is 2.18. The zero-order valence-electron chi connectivity index (χ0n) is 13.7. The molecule has 0 aromatic carbocycles. The van der Waals surface area contributed by atoms with E-state index in [4.69, 9.17) is 5.11 Å². The van der Waals surface area contributed by atoms with Crippen LogP contribution in [-0.2, 0) is 12.7 Å². The molecule has 136 valence electrons. The minimum Gasteiger partial charge on any atom is -0.476 e. The number of hydrogen-bond donors (Lipinski definition) is 1. The molecule has 1 N–H and O–H groups in total. The van der Waals surface area contributed by atoms with E-state index in [2.05, 4.69) is 20.2 Å². The van der Waals surface area contributed by atoms with Gasteiger partial charge in [-0.25, -0.2) is 19.4 Å². The summed E-state index contributed by atoms with van der Waals surface area (Å²) < 4.78 is 42.3. The lowest BCUT2D eigenvalue weighted by molar-refractivity contribution is -0.141. The summed E-state index contributed by atoms with van der Waals surface area (Å²) in [6.07, 6.45) is -2.09. The highest BCUT2D eigenvalue weighted by Crippen LogP contribution is 2.31. The van der Waals surface area contributed by atoms with Gasteiger partial charge in [0, 0.05) is 24.0 Å². The van der Waals surface area contributed by atoms with Crippen LogP contribution in [0.5, 0.6) is 0 Å². The van der Waals surface area contributed by atoms with E-state index in [-0.39, 0.29) is 17.3 Å². The molecule has 0 aliphatic rings. The number of halogens is 3. The minimum atomic E-state index is -4.70. The van der Waals surface area contributed by atoms with E-state index in [9.17, 15) is 18.0 Å². The monoisotopic (exact) mass is 366 g/mol. The summed E-state index contributed by atoms with van der Waals surface area (Å²) in [4.78, 5) is 18.5. The van der Waals surface area contributed by atoms with Gasteiger partial charge in [0.15, 0.2) is 11.4 Å². The van der Waals surface area contributed by atoms with Gasteiger partial charge in [-0.1, -0.05) is 0 Å². The first-order valence-electron chi connectivity index (χ1n) is 7.49. The molecule has 26 heavy (non-hydrogen) atoms. The van der Waals surface area contributed by atoms with E-state index in [0.717, 1.165) is 16.8 Å². The number of aryl methyl sites for hydroxylation is 1. The second-order valence-electron chi connectivity index (χ2n) is 5.35. The smallest absolute Gasteiger partial charge is 0.433 e. The second-order valence-corrected chi connectivity index (χ2v) is 5.35. The van der Waals surface area contributed by atoms with E-state index in [1.54, 1.807) is 11.6 Å². The molecule has 0 spiro atoms. The number of nitrogens with zero attached hydrogens (tertiary/aromatic N) is 6. The Bertz CT molecular complexity index is 976. The Morgan fingerprint density at radius 2 is 2.04 bits per heavy atom. The van der Waals surface area contributed by atoms with Gasteiger partial charge in [-0.15, -0.1) is 0 Å². The molecule has 0 fully saturated rings. The Morgan fingerprint density at radius 1 is 1.31 bits per heavy atom. The third-order valence-corrected chi connectivity index (χ3v) is 3.70. The van der Waals surface area contributed by atoms with Crippen molar-refractivity contribution >= 4 is 5.97 Å². The largest absolute Gasteiger partial charge is 0.476 e. The number of carbonyl (C=O) groups is 1. The quantitative estimate of drug-likeness (QED) is 0.762. The summed E-state index contributed by atoms with van der Waals surface area (Å²) in [7, 11) is 0. The Labute approximate surface area is 144 Å². The van der Waals surface area contributed by atoms with Gasteiger partial charge in [0.2, 0.25) is 0 Å². The number of alkyl halides is 3. The topological polar surface area (TPSA) is 98.7 Å². The van der Waals surface area contributed by atoms with Gasteiger partial charge < -0.3 is 5.11 Å². The van der Waals surface area contributed by atoms with Gasteiger partial charge in [-0.3, -0.25) is 4.68 Å². The molecule has 8 nitrogen and oxygen atoms in total. The van der Waals surface area contributed by atoms with Gasteiger partial charge in [-0.05, 0) is 26.0 Å². The Hall–Kier alpha value is -3.24. The Kier molecular flexibility index (Phi) is 4.22. The maximum Gasteiger partial charge on any atom is 0.433 e. The first-order valence-corrected chi connectivity index (χ1v) is 7.49. The van der Waals surface area contributed by atoms with Crippen LogP contribution in [0.4, 0.5) is 13.2 Å². The van der Waals surface area contributed by atoms with Crippen molar-refractivity contribution in [2.45, 2.75) is 26.6 Å². The van der Waals surface area contributed by atoms with Crippen molar-refractivity contribution in [3.05, 3.63) is 41.6 Å². The van der Waals surface area contributed by atoms with E-state index in [0.29, 0.717) is 17.8 Å². The van der Waals surface area contributed by atoms with Crippen LogP contribution in [-0.4, -0.2) is 40.6 Å². The van der Waals surface area contributed by atoms with E-state index < -0.39 is 17.8 Å². The fourth-order valence-electron chi connectivity index (χ4n) is 2.39. The standard InChI is InChI=1S/C15H13F3N6O2/c1-3-23-8(2)9(7-19-23)11-6-12(15(16,17)18)21-14(20-11)24-5-4-10(22-24)13(25)26/h4-7H,3H2,1-2H3,(H,25,26). The van der Waals surface area contributed by atoms with Crippen molar-refractivity contribution in [1.29, 1.82) is 0 Å². The average Bonchev–Trinajstić information content (AvgIpc) is 3.20. The SMILES string of the molecule is CCn1ncc(-c2cc(C(F)(F)F)nc(-n3ccc(C(=O)O)n3)n2)c1C. The van der Waals surface area contributed by atoms with Crippen LogP contribution in [0.25, 0.3) is 17.2 Å². The van der Waals surface area contributed by atoms with E-state index in [1.165, 1.54) is 12.4 Å². The van der Waals surface area contributed by atoms with E-state index in [1.807, 2.05) is 6.92 Å². The van der Waals surface area contributed by atoms with Crippen LogP contribution in [0.2, 0.25) is 0 Å². The number of rotatable bonds is 4. The summed E-state index contributed by atoms with van der Waals surface area (Å²) >= 11 is 0. The lowest BCUT2D eigenvalue weighted by atomic mass is 10.1. The molecule has 0 saturated carbocycles. The predicted octanol–water partition coefficient (Wildman–Crippen LogP) is 2.57. The molecule has 0 unspecified atom stereocenters. The molecule has 0 bridgehead atoms. The molecule has 0 aliphatic carbocycles. The average molecular weight is 366 g/mol. The Morgan fingerprint density at radius 3 is 2.58 bits per heavy atom. The minimum absolute atomic E-state index is 0.0203. The fourth-order valence-corrected chi connectivity index (χ4v) is 2.39. The molecule has 0 saturated heterocycles. The summed E-state index contributed by atoms with van der Waals surface area (Å²) in [6.45, 7) is 4.13. The van der Waals surface area contributed by atoms with Crippen molar-refractivity contribution in [3.63, 3.8) is 0 Å². The molecular formula is C15H13F3N6O2. The lowest BCUT2D eigenvalue weighted by Crippen LogP contribution is -2.13. The van der Waals surface area contributed by atoms with Gasteiger partial charge in [0.1, 0.15) is 0 Å². The van der Waals surface area contributed by atoms with E-state index >= 15 is 0 Å². The summed E-state index contributed by atoms with van der Waals surface area (Å²) in [6, 6.07) is 1.97. The number of carboxylic acid groups (broad SMARTS) is 1. The summed E-state index contributed by atoms with van der Waals surface area (Å²) in [5.74, 6) is -1.69. The molecule has 3 heterocycles. The van der Waals surface area contributed by atoms with Gasteiger partial charge >= 0.3 is 12.1 Å². The number of aromatic nitrogens is 6. The molecule has 0 atom stereocenters. The number of carboxylic acids is 1. The van der Waals surface area contributed by atoms with Crippen LogP contribution >= 0.6 is 0 Å². The first kappa shape index (κ1) is 17.6. The summed E-state index contributed by atoms with van der Waals surface area (Å²) in [5, 5.41) is 16.7. The highest BCUT2D eigenvalue weighted by atomic mass is 19.4. The zero-order chi connectivity index (χ0) is 19.1. The van der Waals surface area contributed by atoms with Crippen molar-refractivity contribution < 1.29 is 23.1 Å². The van der Waals surface area contributed by atoms with Crippen LogP contribution in [0.15, 0.2) is 24.5 Å². The number of hydrogen-bond acceptors (Lipinski definition) is 5. The van der Waals surface area contributed by atoms with Crippen molar-refractivity contribution in [2.24, 2.45) is 0 Å². The third-order valence-electron chi connectivity index (χ3n) is 3.70.